The van der Waals surface area contributed by atoms with E-state index in [0.29, 0.717) is 52.4 Å². The highest BCUT2D eigenvalue weighted by Gasteiger charge is 2.27. The molecule has 1 aromatic heterocycles. The lowest BCUT2D eigenvalue weighted by Gasteiger charge is -2.17. The number of anilines is 1. The van der Waals surface area contributed by atoms with Crippen molar-refractivity contribution in [2.45, 2.75) is 20.8 Å². The smallest absolute Gasteiger partial charge is 0.341 e. The summed E-state index contributed by atoms with van der Waals surface area (Å²) in [6.07, 6.45) is 0. The normalized spacial score (nSPS) is 10.3. The summed E-state index contributed by atoms with van der Waals surface area (Å²) >= 11 is 6.43. The Morgan fingerprint density at radius 3 is 2.40 bits per heavy atom. The molecule has 1 rings (SSSR count). The molecule has 0 fully saturated rings. The van der Waals surface area contributed by atoms with Gasteiger partial charge in [0.25, 0.3) is 5.91 Å². The molecule has 0 aliphatic rings. The highest BCUT2D eigenvalue weighted by atomic mass is 32.1. The van der Waals surface area contributed by atoms with Crippen molar-refractivity contribution in [3.63, 3.8) is 0 Å². The van der Waals surface area contributed by atoms with Crippen LogP contribution in [-0.2, 0) is 9.47 Å². The largest absolute Gasteiger partial charge is 0.465 e. The second kappa shape index (κ2) is 10.3. The number of ether oxygens (including phenoxy) is 2. The van der Waals surface area contributed by atoms with Gasteiger partial charge >= 0.3 is 5.97 Å². The molecule has 0 radical (unpaired) electrons. The minimum absolute atomic E-state index is 0.107. The van der Waals surface area contributed by atoms with Crippen LogP contribution in [0.1, 0.15) is 39.4 Å². The molecule has 1 heterocycles. The quantitative estimate of drug-likeness (QED) is 0.402. The third-order valence-corrected chi connectivity index (χ3v) is 5.04. The maximum Gasteiger partial charge on any atom is 0.341 e. The highest BCUT2D eigenvalue weighted by molar-refractivity contribution is 7.80. The van der Waals surface area contributed by atoms with Gasteiger partial charge < -0.3 is 25.0 Å². The lowest BCUT2D eigenvalue weighted by molar-refractivity contribution is 0.0601. The van der Waals surface area contributed by atoms with E-state index < -0.39 is 5.97 Å². The fourth-order valence-electron chi connectivity index (χ4n) is 2.22. The van der Waals surface area contributed by atoms with Crippen molar-refractivity contribution in [3.05, 3.63) is 16.0 Å². The SMILES string of the molecule is CCN(CC)C(=O)c1sc(NC(=S)NCCOC)c(C(=O)OC)c1C. The third-order valence-electron chi connectivity index (χ3n) is 3.60. The molecule has 140 valence electrons. The second-order valence-electron chi connectivity index (χ2n) is 5.10. The first-order chi connectivity index (χ1) is 11.9. The molecule has 25 heavy (non-hydrogen) atoms. The van der Waals surface area contributed by atoms with Gasteiger partial charge in [0, 0.05) is 26.7 Å². The topological polar surface area (TPSA) is 79.9 Å². The van der Waals surface area contributed by atoms with Crippen molar-refractivity contribution in [1.29, 1.82) is 0 Å². The zero-order valence-electron chi connectivity index (χ0n) is 15.2. The number of methoxy groups -OCH3 is 2. The molecule has 0 atom stereocenters. The van der Waals surface area contributed by atoms with Crippen molar-refractivity contribution < 1.29 is 19.1 Å². The van der Waals surface area contributed by atoms with E-state index in [1.807, 2.05) is 13.8 Å². The summed E-state index contributed by atoms with van der Waals surface area (Å²) in [6, 6.07) is 0. The van der Waals surface area contributed by atoms with Crippen molar-refractivity contribution in [2.75, 3.05) is 45.8 Å². The van der Waals surface area contributed by atoms with Gasteiger partial charge in [-0.05, 0) is 38.6 Å². The predicted octanol–water partition coefficient (Wildman–Crippen LogP) is 2.26. The van der Waals surface area contributed by atoms with E-state index in [0.717, 1.165) is 0 Å². The van der Waals surface area contributed by atoms with Gasteiger partial charge in [-0.2, -0.15) is 0 Å². The van der Waals surface area contributed by atoms with Crippen LogP contribution in [0.5, 0.6) is 0 Å². The number of nitrogens with zero attached hydrogens (tertiary/aromatic N) is 1. The monoisotopic (exact) mass is 387 g/mol. The lowest BCUT2D eigenvalue weighted by atomic mass is 10.1. The number of rotatable bonds is 8. The maximum absolute atomic E-state index is 12.7. The Kier molecular flexibility index (Phi) is 8.81. The van der Waals surface area contributed by atoms with E-state index >= 15 is 0 Å². The van der Waals surface area contributed by atoms with Crippen molar-refractivity contribution >= 4 is 45.5 Å². The van der Waals surface area contributed by atoms with E-state index in [4.69, 9.17) is 21.7 Å². The molecule has 1 aromatic rings. The molecule has 0 aliphatic carbocycles. The average molecular weight is 388 g/mol. The van der Waals surface area contributed by atoms with Crippen LogP contribution < -0.4 is 10.6 Å². The Morgan fingerprint density at radius 2 is 1.88 bits per heavy atom. The summed E-state index contributed by atoms with van der Waals surface area (Å²) < 4.78 is 9.82. The van der Waals surface area contributed by atoms with Gasteiger partial charge in [0.2, 0.25) is 0 Å². The van der Waals surface area contributed by atoms with Crippen LogP contribution in [0.2, 0.25) is 0 Å². The highest BCUT2D eigenvalue weighted by Crippen LogP contribution is 2.34. The van der Waals surface area contributed by atoms with E-state index in [1.165, 1.54) is 18.4 Å². The molecule has 0 spiro atoms. The molecular formula is C16H25N3O4S2. The molecular weight excluding hydrogens is 362 g/mol. The van der Waals surface area contributed by atoms with Crippen molar-refractivity contribution in [3.8, 4) is 0 Å². The Hall–Kier alpha value is -1.71. The number of thiocarbonyl (C=S) groups is 1. The molecule has 7 nitrogen and oxygen atoms in total. The summed E-state index contributed by atoms with van der Waals surface area (Å²) in [6.45, 7) is 7.80. The second-order valence-corrected chi connectivity index (χ2v) is 6.53. The summed E-state index contributed by atoms with van der Waals surface area (Å²) in [5.74, 6) is -0.612. The van der Waals surface area contributed by atoms with Crippen molar-refractivity contribution in [1.82, 2.24) is 10.2 Å². The van der Waals surface area contributed by atoms with Crippen LogP contribution in [0.15, 0.2) is 0 Å². The Labute approximate surface area is 157 Å². The molecule has 0 aromatic carbocycles. The van der Waals surface area contributed by atoms with Gasteiger partial charge in [-0.3, -0.25) is 4.79 Å². The van der Waals surface area contributed by atoms with Gasteiger partial charge in [0.15, 0.2) is 5.11 Å². The fourth-order valence-corrected chi connectivity index (χ4v) is 3.66. The molecule has 1 amide bonds. The number of hydrogen-bond acceptors (Lipinski definition) is 6. The molecule has 9 heteroatoms. The van der Waals surface area contributed by atoms with Gasteiger partial charge in [0.05, 0.1) is 24.2 Å². The van der Waals surface area contributed by atoms with Gasteiger partial charge in [-0.25, -0.2) is 4.79 Å². The van der Waals surface area contributed by atoms with Crippen LogP contribution in [0.25, 0.3) is 0 Å². The summed E-state index contributed by atoms with van der Waals surface area (Å²) in [4.78, 5) is 27.1. The zero-order chi connectivity index (χ0) is 19.0. The number of carbonyl (C=O) groups is 2. The Morgan fingerprint density at radius 1 is 1.24 bits per heavy atom. The van der Waals surface area contributed by atoms with E-state index in [2.05, 4.69) is 10.6 Å². The average Bonchev–Trinajstić information content (AvgIpc) is 2.91. The number of hydrogen-bond donors (Lipinski definition) is 2. The van der Waals surface area contributed by atoms with Crippen LogP contribution in [0.4, 0.5) is 5.00 Å². The van der Waals surface area contributed by atoms with E-state index in [1.54, 1.807) is 18.9 Å². The third kappa shape index (κ3) is 5.38. The number of amides is 1. The Balaban J connectivity index is 3.14. The van der Waals surface area contributed by atoms with Gasteiger partial charge in [0.1, 0.15) is 5.00 Å². The zero-order valence-corrected chi connectivity index (χ0v) is 16.9. The fraction of sp³-hybridized carbons (Fsp3) is 0.562. The molecule has 0 unspecified atom stereocenters. The Bertz CT molecular complexity index is 627. The predicted molar refractivity (Wildman–Crippen MR) is 104 cm³/mol. The summed E-state index contributed by atoms with van der Waals surface area (Å²) in [7, 11) is 2.91. The summed E-state index contributed by atoms with van der Waals surface area (Å²) in [5, 5.41) is 6.81. The standard InChI is InChI=1S/C16H25N3O4S2/c1-6-19(7-2)14(20)12-10(3)11(15(21)23-5)13(25-12)18-16(24)17-8-9-22-4/h6-9H2,1-5H3,(H2,17,18,24). The van der Waals surface area contributed by atoms with E-state index in [9.17, 15) is 9.59 Å². The number of nitrogens with one attached hydrogen (secondary N) is 2. The van der Waals surface area contributed by atoms with Crippen LogP contribution in [0.3, 0.4) is 0 Å². The maximum atomic E-state index is 12.7. The summed E-state index contributed by atoms with van der Waals surface area (Å²) in [5.41, 5.74) is 0.926. The number of esters is 1. The first kappa shape index (κ1) is 21.3. The van der Waals surface area contributed by atoms with Crippen LogP contribution in [-0.4, -0.2) is 62.3 Å². The number of carbonyl (C=O) groups excluding carboxylic acids is 2. The molecule has 0 saturated carbocycles. The minimum atomic E-state index is -0.505. The van der Waals surface area contributed by atoms with Crippen LogP contribution in [0, 0.1) is 6.92 Å². The molecule has 0 aliphatic heterocycles. The van der Waals surface area contributed by atoms with Gasteiger partial charge in [-0.15, -0.1) is 11.3 Å². The lowest BCUT2D eigenvalue weighted by Crippen LogP contribution is -2.31. The molecule has 2 N–H and O–H groups in total. The first-order valence-corrected chi connectivity index (χ1v) is 9.18. The molecule has 0 bridgehead atoms. The van der Waals surface area contributed by atoms with Gasteiger partial charge in [-0.1, -0.05) is 0 Å². The van der Waals surface area contributed by atoms with Crippen LogP contribution >= 0.6 is 23.6 Å². The number of thiophene rings is 1. The minimum Gasteiger partial charge on any atom is -0.465 e. The first-order valence-electron chi connectivity index (χ1n) is 7.95. The van der Waals surface area contributed by atoms with E-state index in [-0.39, 0.29) is 5.91 Å². The molecule has 0 saturated heterocycles. The van der Waals surface area contributed by atoms with Crippen molar-refractivity contribution in [2.24, 2.45) is 0 Å².